The number of anilines is 1. The van der Waals surface area contributed by atoms with Crippen LogP contribution in [0.25, 0.3) is 0 Å². The van der Waals surface area contributed by atoms with Crippen molar-refractivity contribution in [3.8, 4) is 6.07 Å². The molecule has 0 spiro atoms. The maximum atomic E-state index is 11.1. The molecule has 0 radical (unpaired) electrons. The first-order valence-electron chi connectivity index (χ1n) is 4.18. The van der Waals surface area contributed by atoms with Crippen molar-refractivity contribution in [1.82, 2.24) is 0 Å². The number of hydrogen-bond acceptors (Lipinski definition) is 4. The smallest absolute Gasteiger partial charge is 0.296 e. The number of amides is 1. The molecular formula is C9H8N2O4S. The van der Waals surface area contributed by atoms with Crippen LogP contribution in [-0.4, -0.2) is 18.9 Å². The molecule has 1 amide bonds. The summed E-state index contributed by atoms with van der Waals surface area (Å²) in [5, 5.41) is 10.5. The molecule has 0 aromatic heterocycles. The van der Waals surface area contributed by atoms with Crippen LogP contribution in [0, 0.1) is 11.3 Å². The number of nitrogens with one attached hydrogen (secondary N) is 1. The van der Waals surface area contributed by atoms with E-state index in [1.54, 1.807) is 6.07 Å². The van der Waals surface area contributed by atoms with Crippen LogP contribution in [0.4, 0.5) is 5.69 Å². The van der Waals surface area contributed by atoms with E-state index in [1.807, 2.05) is 0 Å². The standard InChI is InChI=1S/C9H8N2O4S/c10-6-5-9(12)11-7-3-1-2-4-8(7)16(13,14)15/h1-4H,5H2,(H,11,12)(H,13,14,15). The fourth-order valence-corrected chi connectivity index (χ4v) is 1.71. The van der Waals surface area contributed by atoms with Crippen molar-refractivity contribution >= 4 is 21.7 Å². The molecule has 1 rings (SSSR count). The topological polar surface area (TPSA) is 107 Å². The zero-order valence-electron chi connectivity index (χ0n) is 8.04. The summed E-state index contributed by atoms with van der Waals surface area (Å²) >= 11 is 0. The average Bonchev–Trinajstić information content (AvgIpc) is 2.17. The first-order valence-corrected chi connectivity index (χ1v) is 5.62. The summed E-state index contributed by atoms with van der Waals surface area (Å²) in [6.07, 6.45) is -0.389. The lowest BCUT2D eigenvalue weighted by Crippen LogP contribution is -2.13. The molecule has 0 atom stereocenters. The van der Waals surface area contributed by atoms with Gasteiger partial charge < -0.3 is 5.32 Å². The van der Waals surface area contributed by atoms with Crippen LogP contribution in [0.3, 0.4) is 0 Å². The third-order valence-electron chi connectivity index (χ3n) is 1.68. The normalized spacial score (nSPS) is 10.5. The maximum absolute atomic E-state index is 11.1. The fraction of sp³-hybridized carbons (Fsp3) is 0.111. The van der Waals surface area contributed by atoms with Crippen LogP contribution in [0.1, 0.15) is 6.42 Å². The van der Waals surface area contributed by atoms with E-state index >= 15 is 0 Å². The van der Waals surface area contributed by atoms with E-state index < -0.39 is 20.9 Å². The van der Waals surface area contributed by atoms with Crippen LogP contribution in [0.15, 0.2) is 29.2 Å². The van der Waals surface area contributed by atoms with Crippen molar-refractivity contribution in [2.24, 2.45) is 0 Å². The minimum atomic E-state index is -4.39. The molecule has 0 saturated heterocycles. The number of hydrogen-bond donors (Lipinski definition) is 2. The van der Waals surface area contributed by atoms with Gasteiger partial charge >= 0.3 is 0 Å². The molecule has 0 aliphatic rings. The Bertz CT molecular complexity index is 545. The molecule has 16 heavy (non-hydrogen) atoms. The van der Waals surface area contributed by atoms with Crippen molar-refractivity contribution in [2.75, 3.05) is 5.32 Å². The largest absolute Gasteiger partial charge is 0.324 e. The summed E-state index contributed by atoms with van der Waals surface area (Å²) in [5.41, 5.74) is -0.0507. The molecule has 0 aliphatic heterocycles. The number of rotatable bonds is 3. The summed E-state index contributed by atoms with van der Waals surface area (Å²) in [6, 6.07) is 6.99. The van der Waals surface area contributed by atoms with Gasteiger partial charge in [0.2, 0.25) is 5.91 Å². The predicted molar refractivity (Wildman–Crippen MR) is 55.1 cm³/mol. The summed E-state index contributed by atoms with van der Waals surface area (Å²) in [5.74, 6) is -0.640. The van der Waals surface area contributed by atoms with Gasteiger partial charge in [0.25, 0.3) is 10.1 Å². The highest BCUT2D eigenvalue weighted by molar-refractivity contribution is 7.86. The third-order valence-corrected chi connectivity index (χ3v) is 2.59. The van der Waals surface area contributed by atoms with Gasteiger partial charge in [-0.15, -0.1) is 0 Å². The Balaban J connectivity index is 3.07. The number of benzene rings is 1. The van der Waals surface area contributed by atoms with E-state index in [2.05, 4.69) is 5.32 Å². The summed E-state index contributed by atoms with van der Waals surface area (Å²) in [7, 11) is -4.39. The van der Waals surface area contributed by atoms with E-state index in [4.69, 9.17) is 9.81 Å². The van der Waals surface area contributed by atoms with Crippen molar-refractivity contribution < 1.29 is 17.8 Å². The van der Waals surface area contributed by atoms with Gasteiger partial charge in [-0.05, 0) is 12.1 Å². The molecule has 0 aliphatic carbocycles. The highest BCUT2D eigenvalue weighted by Gasteiger charge is 2.15. The quantitative estimate of drug-likeness (QED) is 0.759. The lowest BCUT2D eigenvalue weighted by molar-refractivity contribution is -0.115. The minimum absolute atomic E-state index is 0.0507. The molecule has 84 valence electrons. The number of nitrogens with zero attached hydrogens (tertiary/aromatic N) is 1. The second kappa shape index (κ2) is 4.74. The zero-order valence-corrected chi connectivity index (χ0v) is 8.86. The van der Waals surface area contributed by atoms with Crippen LogP contribution >= 0.6 is 0 Å². The molecule has 2 N–H and O–H groups in total. The van der Waals surface area contributed by atoms with Crippen LogP contribution in [0.5, 0.6) is 0 Å². The first-order chi connectivity index (χ1) is 7.45. The molecule has 7 heteroatoms. The van der Waals surface area contributed by atoms with E-state index in [0.29, 0.717) is 0 Å². The Morgan fingerprint density at radius 2 is 2.06 bits per heavy atom. The highest BCUT2D eigenvalue weighted by Crippen LogP contribution is 2.20. The van der Waals surface area contributed by atoms with Gasteiger partial charge in [-0.25, -0.2) is 0 Å². The Morgan fingerprint density at radius 1 is 1.44 bits per heavy atom. The van der Waals surface area contributed by atoms with Crippen molar-refractivity contribution in [2.45, 2.75) is 11.3 Å². The molecule has 0 heterocycles. The molecule has 0 saturated carbocycles. The highest BCUT2D eigenvalue weighted by atomic mass is 32.2. The second-order valence-electron chi connectivity index (χ2n) is 2.85. The average molecular weight is 240 g/mol. The Labute approximate surface area is 92.3 Å². The van der Waals surface area contributed by atoms with Gasteiger partial charge in [-0.2, -0.15) is 13.7 Å². The van der Waals surface area contributed by atoms with Gasteiger partial charge in [-0.3, -0.25) is 9.35 Å². The summed E-state index contributed by atoms with van der Waals surface area (Å²) in [4.78, 5) is 10.7. The third kappa shape index (κ3) is 3.05. The predicted octanol–water partition coefficient (Wildman–Crippen LogP) is 0.785. The molecular weight excluding hydrogens is 232 g/mol. The SMILES string of the molecule is N#CCC(=O)Nc1ccccc1S(=O)(=O)O. The molecule has 1 aromatic carbocycles. The van der Waals surface area contributed by atoms with E-state index in [0.717, 1.165) is 6.07 Å². The number of nitriles is 1. The fourth-order valence-electron chi connectivity index (χ4n) is 1.06. The van der Waals surface area contributed by atoms with E-state index in [-0.39, 0.29) is 12.1 Å². The molecule has 0 fully saturated rings. The van der Waals surface area contributed by atoms with Crippen molar-refractivity contribution in [1.29, 1.82) is 5.26 Å². The van der Waals surface area contributed by atoms with Crippen LogP contribution < -0.4 is 5.32 Å². The van der Waals surface area contributed by atoms with Gasteiger partial charge in [-0.1, -0.05) is 12.1 Å². The minimum Gasteiger partial charge on any atom is -0.324 e. The van der Waals surface area contributed by atoms with Gasteiger partial charge in [0, 0.05) is 0 Å². The molecule has 6 nitrogen and oxygen atoms in total. The summed E-state index contributed by atoms with van der Waals surface area (Å²) < 4.78 is 30.7. The first kappa shape index (κ1) is 12.2. The van der Waals surface area contributed by atoms with Gasteiger partial charge in [0.15, 0.2) is 0 Å². The zero-order chi connectivity index (χ0) is 12.2. The van der Waals surface area contributed by atoms with E-state index in [1.165, 1.54) is 18.2 Å². The Hall–Kier alpha value is -1.91. The molecule has 1 aromatic rings. The van der Waals surface area contributed by atoms with Crippen molar-refractivity contribution in [3.05, 3.63) is 24.3 Å². The Kier molecular flexibility index (Phi) is 3.60. The van der Waals surface area contributed by atoms with Crippen LogP contribution in [0.2, 0.25) is 0 Å². The lowest BCUT2D eigenvalue weighted by Gasteiger charge is -2.06. The maximum Gasteiger partial charge on any atom is 0.296 e. The van der Waals surface area contributed by atoms with Crippen LogP contribution in [-0.2, 0) is 14.9 Å². The number of carbonyl (C=O) groups excluding carboxylic acids is 1. The number of para-hydroxylation sites is 1. The monoisotopic (exact) mass is 240 g/mol. The van der Waals surface area contributed by atoms with Gasteiger partial charge in [0.05, 0.1) is 11.8 Å². The summed E-state index contributed by atoms with van der Waals surface area (Å²) in [6.45, 7) is 0. The Morgan fingerprint density at radius 3 is 2.62 bits per heavy atom. The van der Waals surface area contributed by atoms with Crippen molar-refractivity contribution in [3.63, 3.8) is 0 Å². The molecule has 0 bridgehead atoms. The molecule has 0 unspecified atom stereocenters. The van der Waals surface area contributed by atoms with Gasteiger partial charge in [0.1, 0.15) is 11.3 Å². The number of carbonyl (C=O) groups is 1. The van der Waals surface area contributed by atoms with E-state index in [9.17, 15) is 13.2 Å². The second-order valence-corrected chi connectivity index (χ2v) is 4.24. The lowest BCUT2D eigenvalue weighted by atomic mass is 10.3.